The van der Waals surface area contributed by atoms with Gasteiger partial charge in [0.05, 0.1) is 0 Å². The van der Waals surface area contributed by atoms with E-state index in [4.69, 9.17) is 0 Å². The van der Waals surface area contributed by atoms with Crippen LogP contribution in [-0.4, -0.2) is 0 Å². The van der Waals surface area contributed by atoms with Crippen LogP contribution >= 0.6 is 8.46 Å². The van der Waals surface area contributed by atoms with Crippen LogP contribution in [0.5, 0.6) is 0 Å². The van der Waals surface area contributed by atoms with Crippen molar-refractivity contribution in [2.24, 2.45) is 0 Å². The summed E-state index contributed by atoms with van der Waals surface area (Å²) in [6.45, 7) is 7.84. The van der Waals surface area contributed by atoms with Gasteiger partial charge in [-0.3, -0.25) is 0 Å². The molecule has 23 heavy (non-hydrogen) atoms. The summed E-state index contributed by atoms with van der Waals surface area (Å²) < 4.78 is 11.7. The first-order valence-electron chi connectivity index (χ1n) is 7.82. The fourth-order valence-electron chi connectivity index (χ4n) is 3.42. The first-order chi connectivity index (χ1) is 11.3. The topological polar surface area (TPSA) is 17.1 Å². The Balaban J connectivity index is 2.33. The van der Waals surface area contributed by atoms with Gasteiger partial charge in [0.15, 0.2) is 5.30 Å². The Kier molecular flexibility index (Phi) is 4.69. The van der Waals surface area contributed by atoms with Gasteiger partial charge in [0.2, 0.25) is 0 Å². The van der Waals surface area contributed by atoms with Crippen LogP contribution in [0.3, 0.4) is 0 Å². The van der Waals surface area contributed by atoms with Gasteiger partial charge < -0.3 is 0 Å². The van der Waals surface area contributed by atoms with Crippen molar-refractivity contribution in [2.75, 3.05) is 0 Å². The summed E-state index contributed by atoms with van der Waals surface area (Å²) in [5, 5.41) is 0.894. The van der Waals surface area contributed by atoms with Gasteiger partial charge in [-0.25, -0.2) is 0 Å². The zero-order valence-electron chi connectivity index (χ0n) is 13.1. The van der Waals surface area contributed by atoms with Gasteiger partial charge in [0.1, 0.15) is 0 Å². The van der Waals surface area contributed by atoms with Crippen molar-refractivity contribution in [3.05, 3.63) is 89.5 Å². The van der Waals surface area contributed by atoms with E-state index in [1.807, 2.05) is 18.2 Å². The smallest absolute Gasteiger partial charge is 0.103 e. The molecule has 2 atom stereocenters. The van der Waals surface area contributed by atoms with E-state index >= 15 is 0 Å². The molecule has 2 heteroatoms. The third-order valence-electron chi connectivity index (χ3n) is 4.40. The van der Waals surface area contributed by atoms with E-state index in [1.165, 1.54) is 22.3 Å². The molecule has 0 amide bonds. The van der Waals surface area contributed by atoms with Crippen molar-refractivity contribution < 1.29 is 4.57 Å². The Hall–Kier alpha value is -2.24. The Morgan fingerprint density at radius 2 is 1.87 bits per heavy atom. The molecule has 0 fully saturated rings. The minimum atomic E-state index is -0.450. The van der Waals surface area contributed by atoms with Crippen LogP contribution in [0.15, 0.2) is 61.7 Å². The van der Waals surface area contributed by atoms with Crippen LogP contribution in [0.25, 0.3) is 12.2 Å². The highest BCUT2D eigenvalue weighted by molar-refractivity contribution is 7.34. The molecule has 1 aliphatic carbocycles. The standard InChI is InChI=1S/C21H19OP/c1-3-7-16-12-14-20(23-22)19-13-11-15-9-5-6-10-17(15)18(8-4-2)21(16)19/h3-6,9-14,18H,1-2,7-8H2/p+1. The lowest BCUT2D eigenvalue weighted by molar-refractivity contribution is 0.603. The maximum atomic E-state index is 11.7. The summed E-state index contributed by atoms with van der Waals surface area (Å²) in [4.78, 5) is 0. The van der Waals surface area contributed by atoms with Gasteiger partial charge in [0.25, 0.3) is 0 Å². The normalized spacial score (nSPS) is 15.6. The van der Waals surface area contributed by atoms with Crippen LogP contribution in [0.2, 0.25) is 0 Å². The summed E-state index contributed by atoms with van der Waals surface area (Å²) in [7, 11) is -0.450. The largest absolute Gasteiger partial charge is 0.363 e. The molecule has 2 aromatic carbocycles. The molecule has 0 aliphatic heterocycles. The highest BCUT2D eigenvalue weighted by Crippen LogP contribution is 2.39. The third-order valence-corrected chi connectivity index (χ3v) is 5.06. The third kappa shape index (κ3) is 2.85. The van der Waals surface area contributed by atoms with E-state index in [-0.39, 0.29) is 5.92 Å². The van der Waals surface area contributed by atoms with E-state index in [0.29, 0.717) is 0 Å². The number of fused-ring (bicyclic) bond motifs is 2. The highest BCUT2D eigenvalue weighted by Gasteiger charge is 2.26. The molecule has 0 radical (unpaired) electrons. The summed E-state index contributed by atoms with van der Waals surface area (Å²) >= 11 is 0. The van der Waals surface area contributed by atoms with Crippen LogP contribution < -0.4 is 5.30 Å². The molecule has 0 saturated heterocycles. The molecule has 0 heterocycles. The van der Waals surface area contributed by atoms with Crippen molar-refractivity contribution in [3.63, 3.8) is 0 Å². The van der Waals surface area contributed by atoms with E-state index < -0.39 is 8.46 Å². The quantitative estimate of drug-likeness (QED) is 0.543. The molecule has 0 spiro atoms. The molecular formula is C21H20OP+. The molecule has 114 valence electrons. The van der Waals surface area contributed by atoms with Crippen molar-refractivity contribution in [1.29, 1.82) is 0 Å². The zero-order chi connectivity index (χ0) is 16.2. The molecule has 1 nitrogen and oxygen atoms in total. The maximum Gasteiger partial charge on any atom is 0.363 e. The molecular weight excluding hydrogens is 299 g/mol. The molecule has 0 saturated carbocycles. The minimum Gasteiger partial charge on any atom is -0.103 e. The number of allylic oxidation sites excluding steroid dienone is 2. The minimum absolute atomic E-state index is 0.236. The van der Waals surface area contributed by atoms with Gasteiger partial charge in [-0.15, -0.1) is 13.2 Å². The fraction of sp³-hybridized carbons (Fsp3) is 0.143. The van der Waals surface area contributed by atoms with Gasteiger partial charge in [-0.1, -0.05) is 53.1 Å². The Bertz CT molecular complexity index is 801. The second kappa shape index (κ2) is 6.89. The second-order valence-corrected chi connectivity index (χ2v) is 6.48. The van der Waals surface area contributed by atoms with E-state index in [1.54, 1.807) is 0 Å². The predicted molar refractivity (Wildman–Crippen MR) is 101 cm³/mol. The Morgan fingerprint density at radius 3 is 2.61 bits per heavy atom. The summed E-state index contributed by atoms with van der Waals surface area (Å²) in [5.74, 6) is 0.236. The zero-order valence-corrected chi connectivity index (χ0v) is 14.1. The van der Waals surface area contributed by atoms with Crippen molar-refractivity contribution in [3.8, 4) is 0 Å². The molecule has 2 unspecified atom stereocenters. The summed E-state index contributed by atoms with van der Waals surface area (Å²) in [6.07, 6.45) is 9.83. The number of hydrogen-bond acceptors (Lipinski definition) is 1. The molecule has 0 aromatic heterocycles. The number of rotatable bonds is 5. The average molecular weight is 319 g/mol. The maximum absolute atomic E-state index is 11.7. The van der Waals surface area contributed by atoms with Gasteiger partial charge >= 0.3 is 8.46 Å². The highest BCUT2D eigenvalue weighted by atomic mass is 31.1. The Morgan fingerprint density at radius 1 is 1.04 bits per heavy atom. The lowest BCUT2D eigenvalue weighted by atomic mass is 9.82. The van der Waals surface area contributed by atoms with Gasteiger partial charge in [0, 0.05) is 11.5 Å². The predicted octanol–water partition coefficient (Wildman–Crippen LogP) is 5.26. The van der Waals surface area contributed by atoms with E-state index in [0.717, 1.165) is 23.7 Å². The van der Waals surface area contributed by atoms with E-state index in [9.17, 15) is 4.57 Å². The number of hydrogen-bond donors (Lipinski definition) is 0. The monoisotopic (exact) mass is 319 g/mol. The van der Waals surface area contributed by atoms with Gasteiger partial charge in [-0.05, 0) is 47.2 Å². The molecule has 2 aromatic rings. The second-order valence-electron chi connectivity index (χ2n) is 5.73. The van der Waals surface area contributed by atoms with Crippen molar-refractivity contribution in [1.82, 2.24) is 0 Å². The van der Waals surface area contributed by atoms with Crippen LogP contribution in [0.4, 0.5) is 0 Å². The average Bonchev–Trinajstić information content (AvgIpc) is 2.74. The van der Waals surface area contributed by atoms with Gasteiger partial charge in [-0.2, -0.15) is 0 Å². The molecule has 3 rings (SSSR count). The van der Waals surface area contributed by atoms with Crippen LogP contribution in [0, 0.1) is 0 Å². The summed E-state index contributed by atoms with van der Waals surface area (Å²) in [5.41, 5.74) is 6.15. The van der Waals surface area contributed by atoms with Crippen molar-refractivity contribution >= 4 is 25.9 Å². The van der Waals surface area contributed by atoms with E-state index in [2.05, 4.69) is 55.6 Å². The van der Waals surface area contributed by atoms with Crippen LogP contribution in [-0.2, 0) is 11.0 Å². The van der Waals surface area contributed by atoms with Crippen molar-refractivity contribution in [2.45, 2.75) is 18.8 Å². The molecule has 0 N–H and O–H groups in total. The Labute approximate surface area is 139 Å². The van der Waals surface area contributed by atoms with Crippen LogP contribution in [0.1, 0.15) is 40.2 Å². The SMILES string of the molecule is C=CCc1ccc([PH+]=O)c2c1C(CC=C)c1ccccc1C=C2. The first kappa shape index (κ1) is 15.6. The molecule has 0 bridgehead atoms. The lowest BCUT2D eigenvalue weighted by Gasteiger charge is -2.22. The number of benzene rings is 2. The summed E-state index contributed by atoms with van der Waals surface area (Å²) in [6, 6.07) is 12.5. The fourth-order valence-corrected chi connectivity index (χ4v) is 3.89. The lowest BCUT2D eigenvalue weighted by Crippen LogP contribution is -2.12. The molecule has 1 aliphatic rings. The first-order valence-corrected chi connectivity index (χ1v) is 8.73.